The summed E-state index contributed by atoms with van der Waals surface area (Å²) in [6.45, 7) is 5.81. The van der Waals surface area contributed by atoms with Crippen LogP contribution < -0.4 is 0 Å². The molecule has 0 saturated carbocycles. The lowest BCUT2D eigenvalue weighted by Crippen LogP contribution is -2.33. The number of allylic oxidation sites excluding steroid dienone is 1. The van der Waals surface area contributed by atoms with E-state index in [1.165, 1.54) is 11.8 Å². The molecule has 0 aliphatic rings. The van der Waals surface area contributed by atoms with Crippen LogP contribution in [0.5, 0.6) is 0 Å². The van der Waals surface area contributed by atoms with E-state index in [0.29, 0.717) is 12.8 Å². The van der Waals surface area contributed by atoms with Gasteiger partial charge in [0.25, 0.3) is 0 Å². The van der Waals surface area contributed by atoms with Crippen LogP contribution in [-0.2, 0) is 4.79 Å². The van der Waals surface area contributed by atoms with Gasteiger partial charge in [0.2, 0.25) is 0 Å². The van der Waals surface area contributed by atoms with Crippen LogP contribution in [0.3, 0.4) is 0 Å². The summed E-state index contributed by atoms with van der Waals surface area (Å²) in [4.78, 5) is 11.0. The third-order valence-corrected chi connectivity index (χ3v) is 3.89. The van der Waals surface area contributed by atoms with E-state index in [0.717, 1.165) is 5.75 Å². The summed E-state index contributed by atoms with van der Waals surface area (Å²) in [6.07, 6.45) is 5.31. The molecule has 2 nitrogen and oxygen atoms in total. The number of rotatable bonds is 6. The topological polar surface area (TPSA) is 37.3 Å². The lowest BCUT2D eigenvalue weighted by atomic mass is 10.0. The minimum absolute atomic E-state index is 0.584. The predicted molar refractivity (Wildman–Crippen MR) is 58.2 cm³/mol. The second kappa shape index (κ2) is 6.08. The Morgan fingerprint density at radius 3 is 2.31 bits per heavy atom. The largest absolute Gasteiger partial charge is 0.480 e. The zero-order valence-electron chi connectivity index (χ0n) is 8.54. The van der Waals surface area contributed by atoms with E-state index in [1.807, 2.05) is 32.9 Å². The number of carbonyl (C=O) groups is 1. The van der Waals surface area contributed by atoms with Gasteiger partial charge in [0.15, 0.2) is 0 Å². The fraction of sp³-hybridized carbons (Fsp3) is 0.700. The molecule has 0 aliphatic heterocycles. The van der Waals surface area contributed by atoms with Crippen molar-refractivity contribution in [1.82, 2.24) is 0 Å². The van der Waals surface area contributed by atoms with Crippen molar-refractivity contribution in [2.24, 2.45) is 0 Å². The average Bonchev–Trinajstić information content (AvgIpc) is 2.13. The van der Waals surface area contributed by atoms with Gasteiger partial charge in [-0.3, -0.25) is 4.79 Å². The first-order chi connectivity index (χ1) is 6.13. The van der Waals surface area contributed by atoms with E-state index in [1.54, 1.807) is 0 Å². The Bertz CT molecular complexity index is 183. The first-order valence-corrected chi connectivity index (χ1v) is 5.60. The van der Waals surface area contributed by atoms with Crippen LogP contribution in [0.25, 0.3) is 0 Å². The maximum Gasteiger partial charge on any atom is 0.319 e. The normalized spacial score (nSPS) is 12.2. The summed E-state index contributed by atoms with van der Waals surface area (Å²) >= 11 is 1.52. The van der Waals surface area contributed by atoms with Gasteiger partial charge in [-0.05, 0) is 19.8 Å². The Hall–Kier alpha value is -0.440. The van der Waals surface area contributed by atoms with Gasteiger partial charge in [-0.1, -0.05) is 26.0 Å². The zero-order chi connectivity index (χ0) is 10.3. The maximum absolute atomic E-state index is 11.0. The molecule has 0 saturated heterocycles. The lowest BCUT2D eigenvalue weighted by Gasteiger charge is -2.25. The van der Waals surface area contributed by atoms with E-state index in [2.05, 4.69) is 0 Å². The summed E-state index contributed by atoms with van der Waals surface area (Å²) in [5, 5.41) is 9.08. The van der Waals surface area contributed by atoms with Crippen molar-refractivity contribution in [3.8, 4) is 0 Å². The highest BCUT2D eigenvalue weighted by atomic mass is 32.2. The molecule has 0 radical (unpaired) electrons. The van der Waals surface area contributed by atoms with Gasteiger partial charge in [0.1, 0.15) is 4.75 Å². The highest BCUT2D eigenvalue weighted by Crippen LogP contribution is 2.32. The molecule has 0 aliphatic carbocycles. The fourth-order valence-electron chi connectivity index (χ4n) is 1.12. The molecular formula is C10H18O2S. The van der Waals surface area contributed by atoms with Crippen LogP contribution in [0.4, 0.5) is 0 Å². The molecule has 0 aromatic heterocycles. The number of carboxylic acid groups (broad SMARTS) is 1. The van der Waals surface area contributed by atoms with Crippen LogP contribution in [-0.4, -0.2) is 21.6 Å². The molecule has 1 N–H and O–H groups in total. The van der Waals surface area contributed by atoms with Crippen LogP contribution in [0.15, 0.2) is 12.2 Å². The molecule has 0 aromatic carbocycles. The molecule has 3 heteroatoms. The van der Waals surface area contributed by atoms with E-state index >= 15 is 0 Å². The first-order valence-electron chi connectivity index (χ1n) is 4.61. The Morgan fingerprint density at radius 1 is 1.46 bits per heavy atom. The molecule has 13 heavy (non-hydrogen) atoms. The van der Waals surface area contributed by atoms with Crippen LogP contribution in [0, 0.1) is 0 Å². The van der Waals surface area contributed by atoms with Crippen molar-refractivity contribution in [3.05, 3.63) is 12.2 Å². The highest BCUT2D eigenvalue weighted by Gasteiger charge is 2.34. The summed E-state index contributed by atoms with van der Waals surface area (Å²) in [6, 6.07) is 0. The van der Waals surface area contributed by atoms with E-state index in [9.17, 15) is 4.79 Å². The molecule has 0 amide bonds. The molecule has 0 heterocycles. The number of hydrogen-bond donors (Lipinski definition) is 1. The van der Waals surface area contributed by atoms with Gasteiger partial charge < -0.3 is 5.11 Å². The van der Waals surface area contributed by atoms with Crippen molar-refractivity contribution < 1.29 is 9.90 Å². The Labute approximate surface area is 84.4 Å². The number of thioether (sulfide) groups is 1. The SMILES string of the molecule is CC=CCSC(CC)(CC)C(=O)O. The third kappa shape index (κ3) is 3.43. The molecule has 0 rings (SSSR count). The fourth-order valence-corrected chi connectivity index (χ4v) is 2.26. The van der Waals surface area contributed by atoms with Crippen LogP contribution in [0.1, 0.15) is 33.6 Å². The van der Waals surface area contributed by atoms with Crippen LogP contribution >= 0.6 is 11.8 Å². The standard InChI is InChI=1S/C10H18O2S/c1-4-7-8-13-10(5-2,6-3)9(11)12/h4,7H,5-6,8H2,1-3H3,(H,11,12). The van der Waals surface area contributed by atoms with E-state index in [-0.39, 0.29) is 0 Å². The molecule has 0 spiro atoms. The smallest absolute Gasteiger partial charge is 0.319 e. The van der Waals surface area contributed by atoms with Crippen molar-refractivity contribution >= 4 is 17.7 Å². The van der Waals surface area contributed by atoms with Crippen molar-refractivity contribution in [2.75, 3.05) is 5.75 Å². The second-order valence-electron chi connectivity index (χ2n) is 2.89. The van der Waals surface area contributed by atoms with Crippen LogP contribution in [0.2, 0.25) is 0 Å². The van der Waals surface area contributed by atoms with E-state index < -0.39 is 10.7 Å². The molecule has 0 bridgehead atoms. The number of aliphatic carboxylic acids is 1. The van der Waals surface area contributed by atoms with Crippen molar-refractivity contribution in [3.63, 3.8) is 0 Å². The molecule has 0 aromatic rings. The Kier molecular flexibility index (Phi) is 5.88. The monoisotopic (exact) mass is 202 g/mol. The molecule has 0 fully saturated rings. The minimum atomic E-state index is -0.688. The summed E-state index contributed by atoms with van der Waals surface area (Å²) in [5.74, 6) is 0.0943. The zero-order valence-corrected chi connectivity index (χ0v) is 9.36. The van der Waals surface area contributed by atoms with Gasteiger partial charge in [0.05, 0.1) is 0 Å². The number of carboxylic acids is 1. The summed E-state index contributed by atoms with van der Waals surface area (Å²) in [7, 11) is 0. The predicted octanol–water partition coefficient (Wildman–Crippen LogP) is 2.94. The van der Waals surface area contributed by atoms with Gasteiger partial charge in [-0.25, -0.2) is 0 Å². The Morgan fingerprint density at radius 2 is 2.00 bits per heavy atom. The highest BCUT2D eigenvalue weighted by molar-refractivity contribution is 8.01. The van der Waals surface area contributed by atoms with Crippen molar-refractivity contribution in [2.45, 2.75) is 38.4 Å². The maximum atomic E-state index is 11.0. The summed E-state index contributed by atoms with van der Waals surface area (Å²) < 4.78 is -0.584. The third-order valence-electron chi connectivity index (χ3n) is 2.22. The van der Waals surface area contributed by atoms with E-state index in [4.69, 9.17) is 5.11 Å². The molecule has 76 valence electrons. The van der Waals surface area contributed by atoms with Gasteiger partial charge in [-0.2, -0.15) is 0 Å². The lowest BCUT2D eigenvalue weighted by molar-refractivity contribution is -0.140. The summed E-state index contributed by atoms with van der Waals surface area (Å²) in [5.41, 5.74) is 0. The molecular weight excluding hydrogens is 184 g/mol. The van der Waals surface area contributed by atoms with Crippen molar-refractivity contribution in [1.29, 1.82) is 0 Å². The van der Waals surface area contributed by atoms with Gasteiger partial charge >= 0.3 is 5.97 Å². The quantitative estimate of drug-likeness (QED) is 0.673. The second-order valence-corrected chi connectivity index (χ2v) is 4.29. The first kappa shape index (κ1) is 12.6. The van der Waals surface area contributed by atoms with Gasteiger partial charge in [-0.15, -0.1) is 11.8 Å². The number of hydrogen-bond acceptors (Lipinski definition) is 2. The van der Waals surface area contributed by atoms with Gasteiger partial charge in [0, 0.05) is 5.75 Å². The Balaban J connectivity index is 4.30. The molecule has 0 unspecified atom stereocenters. The average molecular weight is 202 g/mol. The molecule has 0 atom stereocenters. The minimum Gasteiger partial charge on any atom is -0.480 e.